The van der Waals surface area contributed by atoms with Gasteiger partial charge in [-0.1, -0.05) is 35.5 Å². The molecule has 128 valence electrons. The Kier molecular flexibility index (Phi) is 4.26. The largest absolute Gasteiger partial charge is 0.379 e. The van der Waals surface area contributed by atoms with Crippen LogP contribution in [-0.4, -0.2) is 28.8 Å². The van der Waals surface area contributed by atoms with Crippen molar-refractivity contribution >= 4 is 11.7 Å². The van der Waals surface area contributed by atoms with Crippen LogP contribution in [0.5, 0.6) is 0 Å². The quantitative estimate of drug-likeness (QED) is 0.474. The van der Waals surface area contributed by atoms with Crippen LogP contribution < -0.4 is 0 Å². The number of nitrogens with zero attached hydrogens (tertiary/aromatic N) is 2. The van der Waals surface area contributed by atoms with Crippen molar-refractivity contribution in [2.24, 2.45) is 5.16 Å². The van der Waals surface area contributed by atoms with Crippen molar-refractivity contribution < 1.29 is 23.3 Å². The topological polar surface area (TPSA) is 81.8 Å². The van der Waals surface area contributed by atoms with Crippen molar-refractivity contribution in [1.82, 2.24) is 0 Å². The first kappa shape index (κ1) is 16.7. The van der Waals surface area contributed by atoms with Crippen molar-refractivity contribution in [3.05, 3.63) is 81.7 Å². The molecule has 0 radical (unpaired) electrons. The summed E-state index contributed by atoms with van der Waals surface area (Å²) in [5.74, 6) is -3.33. The highest BCUT2D eigenvalue weighted by molar-refractivity contribution is 6.21. The number of carbonyl (C=O) groups is 1. The van der Waals surface area contributed by atoms with E-state index >= 15 is 4.39 Å². The van der Waals surface area contributed by atoms with E-state index in [1.807, 2.05) is 0 Å². The van der Waals surface area contributed by atoms with E-state index in [4.69, 9.17) is 0 Å². The Morgan fingerprint density at radius 3 is 2.40 bits per heavy atom. The lowest BCUT2D eigenvalue weighted by atomic mass is 9.78. The van der Waals surface area contributed by atoms with Gasteiger partial charge >= 0.3 is 5.97 Å². The fourth-order valence-corrected chi connectivity index (χ4v) is 2.79. The summed E-state index contributed by atoms with van der Waals surface area (Å²) in [5, 5.41) is 14.5. The van der Waals surface area contributed by atoms with E-state index in [1.165, 1.54) is 24.3 Å². The van der Waals surface area contributed by atoms with Crippen molar-refractivity contribution in [1.29, 1.82) is 0 Å². The Morgan fingerprint density at radius 1 is 1.16 bits per heavy atom. The van der Waals surface area contributed by atoms with E-state index in [2.05, 4.69) is 9.99 Å². The molecule has 6 nitrogen and oxygen atoms in total. The number of alkyl halides is 1. The third-order valence-electron chi connectivity index (χ3n) is 3.99. The third kappa shape index (κ3) is 2.98. The van der Waals surface area contributed by atoms with Gasteiger partial charge in [0.05, 0.1) is 5.92 Å². The van der Waals surface area contributed by atoms with E-state index in [-0.39, 0.29) is 11.1 Å². The zero-order valence-electron chi connectivity index (χ0n) is 12.8. The molecule has 25 heavy (non-hydrogen) atoms. The van der Waals surface area contributed by atoms with Crippen LogP contribution in [0.15, 0.2) is 59.8 Å². The van der Waals surface area contributed by atoms with Gasteiger partial charge in [-0.05, 0) is 29.8 Å². The van der Waals surface area contributed by atoms with Crippen LogP contribution in [0.4, 0.5) is 8.78 Å². The molecule has 8 heteroatoms. The Hall–Kier alpha value is -3.16. The fraction of sp³-hybridized carbons (Fsp3) is 0.176. The number of carbonyl (C=O) groups excluding carboxylic acids is 1. The first-order chi connectivity index (χ1) is 11.9. The molecule has 0 fully saturated rings. The predicted octanol–water partition coefficient (Wildman–Crippen LogP) is 2.86. The maximum absolute atomic E-state index is 15.9. The summed E-state index contributed by atoms with van der Waals surface area (Å²) in [4.78, 5) is 27.0. The molecule has 0 saturated heterocycles. The summed E-state index contributed by atoms with van der Waals surface area (Å²) in [6, 6.07) is 12.4. The molecule has 1 aliphatic rings. The Morgan fingerprint density at radius 2 is 1.80 bits per heavy atom. The molecule has 0 bridgehead atoms. The highest BCUT2D eigenvalue weighted by Gasteiger charge is 2.59. The average molecular weight is 346 g/mol. The number of benzene rings is 2. The first-order valence-electron chi connectivity index (χ1n) is 7.34. The van der Waals surface area contributed by atoms with Crippen LogP contribution in [0.25, 0.3) is 0 Å². The van der Waals surface area contributed by atoms with Gasteiger partial charge in [0.1, 0.15) is 11.5 Å². The molecule has 0 amide bonds. The van der Waals surface area contributed by atoms with E-state index < -0.39 is 40.6 Å². The van der Waals surface area contributed by atoms with Crippen LogP contribution in [0, 0.1) is 15.9 Å². The van der Waals surface area contributed by atoms with E-state index in [1.54, 1.807) is 18.2 Å². The summed E-state index contributed by atoms with van der Waals surface area (Å²) >= 11 is 0. The molecule has 3 rings (SSSR count). The summed E-state index contributed by atoms with van der Waals surface area (Å²) in [5.41, 5.74) is -2.89. The number of nitro groups is 1. The zero-order valence-corrected chi connectivity index (χ0v) is 12.8. The SMILES string of the molecule is O=C1ON=C(c2ccc(F)cc2)C1(F)C(C[N+](=O)[O-])c1ccccc1. The maximum Gasteiger partial charge on any atom is 0.379 e. The number of halogens is 2. The molecule has 0 N–H and O–H groups in total. The number of oxime groups is 1. The van der Waals surface area contributed by atoms with Gasteiger partial charge in [0.2, 0.25) is 6.54 Å². The minimum Gasteiger partial charge on any atom is -0.314 e. The van der Waals surface area contributed by atoms with Crippen molar-refractivity contribution in [3.63, 3.8) is 0 Å². The maximum atomic E-state index is 15.9. The van der Waals surface area contributed by atoms with Crippen LogP contribution >= 0.6 is 0 Å². The van der Waals surface area contributed by atoms with Gasteiger partial charge in [-0.2, -0.15) is 0 Å². The molecule has 2 aromatic rings. The smallest absolute Gasteiger partial charge is 0.314 e. The number of hydrogen-bond acceptors (Lipinski definition) is 5. The summed E-state index contributed by atoms with van der Waals surface area (Å²) in [6.45, 7) is -0.837. The van der Waals surface area contributed by atoms with Crippen LogP contribution in [0.3, 0.4) is 0 Å². The van der Waals surface area contributed by atoms with Crippen molar-refractivity contribution in [3.8, 4) is 0 Å². The Labute approximate surface area is 140 Å². The third-order valence-corrected chi connectivity index (χ3v) is 3.99. The molecule has 0 aliphatic carbocycles. The lowest BCUT2D eigenvalue weighted by Gasteiger charge is -2.25. The average Bonchev–Trinajstić information content (AvgIpc) is 2.90. The number of hydrogen-bond donors (Lipinski definition) is 0. The fourth-order valence-electron chi connectivity index (χ4n) is 2.79. The minimum atomic E-state index is -2.85. The second-order valence-corrected chi connectivity index (χ2v) is 5.52. The van der Waals surface area contributed by atoms with Gasteiger partial charge in [0.15, 0.2) is 0 Å². The van der Waals surface area contributed by atoms with Crippen LogP contribution in [0.2, 0.25) is 0 Å². The van der Waals surface area contributed by atoms with Crippen LogP contribution in [0.1, 0.15) is 17.0 Å². The molecule has 1 aliphatic heterocycles. The van der Waals surface area contributed by atoms with E-state index in [0.29, 0.717) is 0 Å². The molecule has 0 spiro atoms. The van der Waals surface area contributed by atoms with Crippen molar-refractivity contribution in [2.75, 3.05) is 6.54 Å². The Bertz CT molecular complexity index is 839. The van der Waals surface area contributed by atoms with Crippen LogP contribution in [-0.2, 0) is 9.63 Å². The predicted molar refractivity (Wildman–Crippen MR) is 83.9 cm³/mol. The zero-order chi connectivity index (χ0) is 18.0. The molecular weight excluding hydrogens is 334 g/mol. The van der Waals surface area contributed by atoms with Gasteiger partial charge in [-0.25, -0.2) is 13.6 Å². The van der Waals surface area contributed by atoms with Gasteiger partial charge < -0.3 is 4.84 Å². The summed E-state index contributed by atoms with van der Waals surface area (Å²) in [7, 11) is 0. The molecule has 1 heterocycles. The molecular formula is C17H12F2N2O4. The monoisotopic (exact) mass is 346 g/mol. The Balaban J connectivity index is 2.10. The highest BCUT2D eigenvalue weighted by atomic mass is 19.1. The standard InChI is InChI=1S/C17H12F2N2O4/c18-13-8-6-12(7-9-13)15-17(19,16(22)25-20-15)14(10-21(23)24)11-4-2-1-3-5-11/h1-9,14H,10H2. The van der Waals surface area contributed by atoms with Gasteiger partial charge in [-0.3, -0.25) is 10.1 Å². The van der Waals surface area contributed by atoms with E-state index in [0.717, 1.165) is 12.1 Å². The molecule has 0 saturated carbocycles. The molecule has 0 aromatic heterocycles. The number of rotatable bonds is 5. The van der Waals surface area contributed by atoms with E-state index in [9.17, 15) is 19.3 Å². The second kappa shape index (κ2) is 6.39. The molecule has 2 unspecified atom stereocenters. The highest BCUT2D eigenvalue weighted by Crippen LogP contribution is 2.40. The van der Waals surface area contributed by atoms with Gasteiger partial charge in [-0.15, -0.1) is 0 Å². The van der Waals surface area contributed by atoms with Crippen molar-refractivity contribution in [2.45, 2.75) is 11.6 Å². The summed E-state index contributed by atoms with van der Waals surface area (Å²) < 4.78 is 29.0. The first-order valence-corrected chi connectivity index (χ1v) is 7.34. The van der Waals surface area contributed by atoms with Gasteiger partial charge in [0.25, 0.3) is 5.67 Å². The van der Waals surface area contributed by atoms with Gasteiger partial charge in [0, 0.05) is 10.5 Å². The molecule has 2 atom stereocenters. The minimum absolute atomic E-state index is 0.110. The lowest BCUT2D eigenvalue weighted by molar-refractivity contribution is -0.485. The second-order valence-electron chi connectivity index (χ2n) is 5.52. The normalized spacial score (nSPS) is 20.7. The molecule has 2 aromatic carbocycles. The lowest BCUT2D eigenvalue weighted by Crippen LogP contribution is -2.47. The summed E-state index contributed by atoms with van der Waals surface area (Å²) in [6.07, 6.45) is 0.